The SMILES string of the molecule is CCCCCC/C=C\CC(=O)CC(=O)N[C@H]1CCOC1=O. The molecular formula is C16H25NO4. The van der Waals surface area contributed by atoms with Gasteiger partial charge in [0.05, 0.1) is 13.0 Å². The normalized spacial score (nSPS) is 18.0. The molecule has 0 unspecified atom stereocenters. The third-order valence-electron chi connectivity index (χ3n) is 3.36. The molecule has 1 amide bonds. The van der Waals surface area contributed by atoms with E-state index in [1.165, 1.54) is 19.3 Å². The van der Waals surface area contributed by atoms with Crippen molar-refractivity contribution in [2.75, 3.05) is 6.61 Å². The monoisotopic (exact) mass is 295 g/mol. The second-order valence-corrected chi connectivity index (χ2v) is 5.32. The van der Waals surface area contributed by atoms with Crippen molar-refractivity contribution in [3.05, 3.63) is 12.2 Å². The molecule has 0 aromatic carbocycles. The van der Waals surface area contributed by atoms with E-state index in [1.54, 1.807) is 0 Å². The lowest BCUT2D eigenvalue weighted by Crippen LogP contribution is -2.38. The summed E-state index contributed by atoms with van der Waals surface area (Å²) in [5.74, 6) is -0.952. The van der Waals surface area contributed by atoms with Crippen LogP contribution in [-0.2, 0) is 19.1 Å². The molecule has 1 N–H and O–H groups in total. The Morgan fingerprint density at radius 1 is 1.29 bits per heavy atom. The van der Waals surface area contributed by atoms with E-state index < -0.39 is 17.9 Å². The van der Waals surface area contributed by atoms with Crippen molar-refractivity contribution in [2.24, 2.45) is 0 Å². The maximum atomic E-state index is 11.6. The highest BCUT2D eigenvalue weighted by atomic mass is 16.5. The van der Waals surface area contributed by atoms with Crippen molar-refractivity contribution in [3.63, 3.8) is 0 Å². The van der Waals surface area contributed by atoms with Gasteiger partial charge in [-0.2, -0.15) is 0 Å². The van der Waals surface area contributed by atoms with Gasteiger partial charge in [0.2, 0.25) is 5.91 Å². The summed E-state index contributed by atoms with van der Waals surface area (Å²) in [6.07, 6.45) is 10.2. The molecule has 1 heterocycles. The zero-order valence-electron chi connectivity index (χ0n) is 12.7. The first-order chi connectivity index (χ1) is 10.1. The number of carbonyl (C=O) groups is 3. The van der Waals surface area contributed by atoms with E-state index in [4.69, 9.17) is 4.74 Å². The summed E-state index contributed by atoms with van der Waals surface area (Å²) in [5, 5.41) is 2.53. The lowest BCUT2D eigenvalue weighted by Gasteiger charge is -2.07. The molecule has 5 heteroatoms. The number of unbranched alkanes of at least 4 members (excludes halogenated alkanes) is 4. The summed E-state index contributed by atoms with van der Waals surface area (Å²) >= 11 is 0. The number of carbonyl (C=O) groups excluding carboxylic acids is 3. The summed E-state index contributed by atoms with van der Waals surface area (Å²) in [6.45, 7) is 2.50. The molecule has 0 radical (unpaired) electrons. The zero-order valence-corrected chi connectivity index (χ0v) is 12.7. The van der Waals surface area contributed by atoms with Crippen LogP contribution in [0.15, 0.2) is 12.2 Å². The number of hydrogen-bond acceptors (Lipinski definition) is 4. The van der Waals surface area contributed by atoms with E-state index in [0.717, 1.165) is 12.8 Å². The van der Waals surface area contributed by atoms with Crippen molar-refractivity contribution >= 4 is 17.7 Å². The number of Topliss-reactive ketones (excluding diaryl/α,β-unsaturated/α-hetero) is 1. The van der Waals surface area contributed by atoms with Crippen LogP contribution >= 0.6 is 0 Å². The summed E-state index contributed by atoms with van der Waals surface area (Å²) in [6, 6.07) is -0.584. The van der Waals surface area contributed by atoms with Gasteiger partial charge in [0.15, 0.2) is 0 Å². The number of esters is 1. The highest BCUT2D eigenvalue weighted by Gasteiger charge is 2.28. The van der Waals surface area contributed by atoms with Crippen LogP contribution in [0, 0.1) is 0 Å². The number of amides is 1. The average Bonchev–Trinajstić information content (AvgIpc) is 2.83. The Morgan fingerprint density at radius 2 is 2.10 bits per heavy atom. The second kappa shape index (κ2) is 10.1. The number of rotatable bonds is 10. The zero-order chi connectivity index (χ0) is 15.5. The van der Waals surface area contributed by atoms with Gasteiger partial charge in [0.25, 0.3) is 0 Å². The minimum atomic E-state index is -0.584. The topological polar surface area (TPSA) is 72.5 Å². The summed E-state index contributed by atoms with van der Waals surface area (Å²) in [7, 11) is 0. The number of cyclic esters (lactones) is 1. The molecule has 0 saturated carbocycles. The third kappa shape index (κ3) is 7.63. The van der Waals surface area contributed by atoms with Crippen LogP contribution in [0.5, 0.6) is 0 Å². The molecule has 0 aromatic heterocycles. The standard InChI is InChI=1S/C16H25NO4/c1-2-3-4-5-6-7-8-9-13(18)12-15(19)17-14-10-11-21-16(14)20/h7-8,14H,2-6,9-12H2,1H3,(H,17,19)/b8-7-/t14-/m0/s1. The number of nitrogens with one attached hydrogen (secondary N) is 1. The minimum absolute atomic E-state index is 0.135. The molecule has 0 bridgehead atoms. The van der Waals surface area contributed by atoms with E-state index in [9.17, 15) is 14.4 Å². The van der Waals surface area contributed by atoms with Crippen LogP contribution < -0.4 is 5.32 Å². The molecule has 1 rings (SSSR count). The van der Waals surface area contributed by atoms with Crippen LogP contribution in [0.3, 0.4) is 0 Å². The van der Waals surface area contributed by atoms with Crippen molar-refractivity contribution < 1.29 is 19.1 Å². The van der Waals surface area contributed by atoms with Gasteiger partial charge in [0, 0.05) is 12.8 Å². The second-order valence-electron chi connectivity index (χ2n) is 5.32. The Bertz CT molecular complexity index is 390. The first kappa shape index (κ1) is 17.4. The van der Waals surface area contributed by atoms with Gasteiger partial charge in [-0.05, 0) is 12.8 Å². The lowest BCUT2D eigenvalue weighted by molar-refractivity contribution is -0.141. The fraction of sp³-hybridized carbons (Fsp3) is 0.688. The third-order valence-corrected chi connectivity index (χ3v) is 3.36. The van der Waals surface area contributed by atoms with Gasteiger partial charge in [-0.1, -0.05) is 38.3 Å². The minimum Gasteiger partial charge on any atom is -0.464 e. The van der Waals surface area contributed by atoms with Crippen molar-refractivity contribution in [1.29, 1.82) is 0 Å². The van der Waals surface area contributed by atoms with Gasteiger partial charge in [-0.15, -0.1) is 0 Å². The van der Waals surface area contributed by atoms with E-state index in [-0.39, 0.29) is 18.6 Å². The molecule has 1 aliphatic heterocycles. The van der Waals surface area contributed by atoms with E-state index in [1.807, 2.05) is 12.2 Å². The number of allylic oxidation sites excluding steroid dienone is 2. The average molecular weight is 295 g/mol. The van der Waals surface area contributed by atoms with E-state index in [2.05, 4.69) is 12.2 Å². The van der Waals surface area contributed by atoms with Crippen LogP contribution in [0.2, 0.25) is 0 Å². The quantitative estimate of drug-likeness (QED) is 0.290. The van der Waals surface area contributed by atoms with Crippen molar-refractivity contribution in [2.45, 2.75) is 64.3 Å². The van der Waals surface area contributed by atoms with E-state index >= 15 is 0 Å². The molecule has 1 saturated heterocycles. The molecule has 118 valence electrons. The number of hydrogen-bond donors (Lipinski definition) is 1. The summed E-state index contributed by atoms with van der Waals surface area (Å²) in [5.41, 5.74) is 0. The lowest BCUT2D eigenvalue weighted by atomic mass is 10.1. The largest absolute Gasteiger partial charge is 0.464 e. The molecule has 1 atom stereocenters. The predicted octanol–water partition coefficient (Wildman–Crippen LogP) is 2.29. The van der Waals surface area contributed by atoms with Gasteiger partial charge >= 0.3 is 5.97 Å². The maximum absolute atomic E-state index is 11.6. The Labute approximate surface area is 126 Å². The van der Waals surface area contributed by atoms with Crippen LogP contribution in [0.1, 0.15) is 58.3 Å². The molecule has 21 heavy (non-hydrogen) atoms. The molecular weight excluding hydrogens is 270 g/mol. The number of ether oxygens (including phenoxy) is 1. The fourth-order valence-corrected chi connectivity index (χ4v) is 2.15. The van der Waals surface area contributed by atoms with Crippen molar-refractivity contribution in [1.82, 2.24) is 5.32 Å². The molecule has 1 aliphatic rings. The van der Waals surface area contributed by atoms with Crippen LogP contribution in [0.4, 0.5) is 0 Å². The smallest absolute Gasteiger partial charge is 0.328 e. The van der Waals surface area contributed by atoms with Gasteiger partial charge < -0.3 is 10.1 Å². The number of ketones is 1. The Morgan fingerprint density at radius 3 is 2.76 bits per heavy atom. The van der Waals surface area contributed by atoms with Gasteiger partial charge in [-0.25, -0.2) is 4.79 Å². The Kier molecular flexibility index (Phi) is 8.40. The molecule has 0 aliphatic carbocycles. The Hall–Kier alpha value is -1.65. The first-order valence-corrected chi connectivity index (χ1v) is 7.76. The maximum Gasteiger partial charge on any atom is 0.328 e. The van der Waals surface area contributed by atoms with Crippen molar-refractivity contribution in [3.8, 4) is 0 Å². The molecule has 0 spiro atoms. The van der Waals surface area contributed by atoms with E-state index in [0.29, 0.717) is 13.0 Å². The fourth-order valence-electron chi connectivity index (χ4n) is 2.15. The molecule has 5 nitrogen and oxygen atoms in total. The summed E-state index contributed by atoms with van der Waals surface area (Å²) < 4.78 is 4.74. The highest BCUT2D eigenvalue weighted by Crippen LogP contribution is 2.06. The predicted molar refractivity (Wildman–Crippen MR) is 79.6 cm³/mol. The van der Waals surface area contributed by atoms with Crippen LogP contribution in [-0.4, -0.2) is 30.3 Å². The summed E-state index contributed by atoms with van der Waals surface area (Å²) in [4.78, 5) is 34.4. The first-order valence-electron chi connectivity index (χ1n) is 7.76. The van der Waals surface area contributed by atoms with Gasteiger partial charge in [-0.3, -0.25) is 9.59 Å². The highest BCUT2D eigenvalue weighted by molar-refractivity contribution is 5.99. The van der Waals surface area contributed by atoms with Gasteiger partial charge in [0.1, 0.15) is 11.8 Å². The van der Waals surface area contributed by atoms with Crippen LogP contribution in [0.25, 0.3) is 0 Å². The Balaban J connectivity index is 2.10. The molecule has 0 aromatic rings. The molecule has 1 fully saturated rings.